The number of nitrogens with zero attached hydrogens (tertiary/aromatic N) is 5. The average Bonchev–Trinajstić information content (AvgIpc) is 3.39. The highest BCUT2D eigenvalue weighted by molar-refractivity contribution is 5.70. The monoisotopic (exact) mass is 467 g/mol. The molecule has 34 heavy (non-hydrogen) atoms. The second-order valence-electron chi connectivity index (χ2n) is 8.88. The third-order valence-electron chi connectivity index (χ3n) is 6.58. The molecule has 0 aromatic carbocycles. The molecule has 0 bridgehead atoms. The van der Waals surface area contributed by atoms with Crippen molar-refractivity contribution in [2.75, 3.05) is 32.7 Å². The predicted octanol–water partition coefficient (Wildman–Crippen LogP) is 2.82. The normalized spacial score (nSPS) is 16.4. The van der Waals surface area contributed by atoms with Gasteiger partial charge in [0.15, 0.2) is 0 Å². The number of carbonyl (C=O) groups is 1. The molecule has 10 heteroatoms. The molecule has 0 spiro atoms. The van der Waals surface area contributed by atoms with Crippen LogP contribution in [-0.4, -0.2) is 73.5 Å². The first-order valence-electron chi connectivity index (χ1n) is 11.7. The fourth-order valence-electron chi connectivity index (χ4n) is 4.69. The molecule has 0 saturated carbocycles. The van der Waals surface area contributed by atoms with Crippen molar-refractivity contribution >= 4 is 6.09 Å². The van der Waals surface area contributed by atoms with Gasteiger partial charge in [-0.2, -0.15) is 0 Å². The minimum atomic E-state index is -0.437. The van der Waals surface area contributed by atoms with Crippen molar-refractivity contribution in [2.45, 2.75) is 39.0 Å². The van der Waals surface area contributed by atoms with Crippen LogP contribution in [0, 0.1) is 6.92 Å². The minimum absolute atomic E-state index is 0.0510. The standard InChI is InChI=1S/C24H29N5O5/c1-16-14-18(34-26-16)8-9-27-10-12-28(13-11-27)24(32)33-21-7-6-17(15-25-21)29-22(30)19-4-2-3-5-20(19)23(29)31/h6-7,14-15,30-31H,2-5,8-13H2,1H3. The van der Waals surface area contributed by atoms with E-state index in [1.807, 2.05) is 13.0 Å². The lowest BCUT2D eigenvalue weighted by Gasteiger charge is -2.33. The maximum atomic E-state index is 12.6. The van der Waals surface area contributed by atoms with Gasteiger partial charge in [-0.1, -0.05) is 5.16 Å². The quantitative estimate of drug-likeness (QED) is 0.588. The van der Waals surface area contributed by atoms with E-state index in [4.69, 9.17) is 9.26 Å². The molecule has 2 aliphatic rings. The molecule has 3 aromatic rings. The van der Waals surface area contributed by atoms with E-state index in [2.05, 4.69) is 15.0 Å². The van der Waals surface area contributed by atoms with Gasteiger partial charge in [-0.25, -0.2) is 14.3 Å². The summed E-state index contributed by atoms with van der Waals surface area (Å²) in [4.78, 5) is 20.8. The number of pyridine rings is 1. The number of aromatic hydroxyl groups is 2. The highest BCUT2D eigenvalue weighted by Gasteiger charge is 2.26. The van der Waals surface area contributed by atoms with E-state index in [9.17, 15) is 15.0 Å². The van der Waals surface area contributed by atoms with E-state index in [-0.39, 0.29) is 17.6 Å². The van der Waals surface area contributed by atoms with Crippen molar-refractivity contribution in [1.29, 1.82) is 0 Å². The van der Waals surface area contributed by atoms with Crippen LogP contribution in [0.5, 0.6) is 17.6 Å². The lowest BCUT2D eigenvalue weighted by Crippen LogP contribution is -2.49. The molecule has 1 saturated heterocycles. The van der Waals surface area contributed by atoms with E-state index < -0.39 is 6.09 Å². The molecule has 5 rings (SSSR count). The first-order valence-corrected chi connectivity index (χ1v) is 11.7. The Morgan fingerprint density at radius 1 is 1.09 bits per heavy atom. The summed E-state index contributed by atoms with van der Waals surface area (Å²) in [5.41, 5.74) is 2.99. The molecule has 3 aromatic heterocycles. The number of carbonyl (C=O) groups excluding carboxylic acids is 1. The van der Waals surface area contributed by atoms with E-state index in [0.29, 0.717) is 18.8 Å². The summed E-state index contributed by atoms with van der Waals surface area (Å²) >= 11 is 0. The molecule has 180 valence electrons. The Bertz CT molecular complexity index is 1130. The number of fused-ring (bicyclic) bond motifs is 1. The number of aryl methyl sites for hydroxylation is 1. The molecular weight excluding hydrogens is 438 g/mol. The Morgan fingerprint density at radius 3 is 2.38 bits per heavy atom. The van der Waals surface area contributed by atoms with E-state index in [1.54, 1.807) is 17.0 Å². The molecule has 4 heterocycles. The zero-order valence-corrected chi connectivity index (χ0v) is 19.2. The summed E-state index contributed by atoms with van der Waals surface area (Å²) in [6.07, 6.45) is 5.32. The smallest absolute Gasteiger partial charge is 0.416 e. The van der Waals surface area contributed by atoms with Crippen LogP contribution >= 0.6 is 0 Å². The van der Waals surface area contributed by atoms with Crippen LogP contribution in [0.15, 0.2) is 28.9 Å². The third kappa shape index (κ3) is 4.45. The molecule has 2 N–H and O–H groups in total. The fraction of sp³-hybridized carbons (Fsp3) is 0.458. The summed E-state index contributed by atoms with van der Waals surface area (Å²) in [6.45, 7) is 5.41. The van der Waals surface area contributed by atoms with Crippen molar-refractivity contribution in [2.24, 2.45) is 0 Å². The van der Waals surface area contributed by atoms with Gasteiger partial charge in [-0.3, -0.25) is 4.90 Å². The van der Waals surface area contributed by atoms with Crippen molar-refractivity contribution in [3.05, 3.63) is 47.0 Å². The lowest BCUT2D eigenvalue weighted by atomic mass is 9.95. The second kappa shape index (κ2) is 9.38. The van der Waals surface area contributed by atoms with Gasteiger partial charge in [0.25, 0.3) is 0 Å². The average molecular weight is 468 g/mol. The van der Waals surface area contributed by atoms with E-state index >= 15 is 0 Å². The summed E-state index contributed by atoms with van der Waals surface area (Å²) in [7, 11) is 0. The van der Waals surface area contributed by atoms with Crippen LogP contribution < -0.4 is 4.74 Å². The molecule has 0 unspecified atom stereocenters. The molecule has 1 amide bonds. The highest BCUT2D eigenvalue weighted by Crippen LogP contribution is 2.40. The number of rotatable bonds is 5. The lowest BCUT2D eigenvalue weighted by molar-refractivity contribution is 0.109. The Hall–Kier alpha value is -3.53. The minimum Gasteiger partial charge on any atom is -0.494 e. The van der Waals surface area contributed by atoms with Crippen LogP contribution in [0.2, 0.25) is 0 Å². The number of hydrogen-bond donors (Lipinski definition) is 2. The first kappa shape index (κ1) is 22.3. The summed E-state index contributed by atoms with van der Waals surface area (Å²) in [5, 5.41) is 25.1. The van der Waals surface area contributed by atoms with Crippen LogP contribution in [0.4, 0.5) is 4.79 Å². The number of piperazine rings is 1. The van der Waals surface area contributed by atoms with E-state index in [1.165, 1.54) is 10.8 Å². The van der Waals surface area contributed by atoms with Crippen LogP contribution in [-0.2, 0) is 19.3 Å². The summed E-state index contributed by atoms with van der Waals surface area (Å²) in [6, 6.07) is 5.18. The van der Waals surface area contributed by atoms with Crippen molar-refractivity contribution < 1.29 is 24.3 Å². The van der Waals surface area contributed by atoms with Gasteiger partial charge >= 0.3 is 6.09 Å². The number of hydrogen-bond acceptors (Lipinski definition) is 8. The Balaban J connectivity index is 1.15. The van der Waals surface area contributed by atoms with Gasteiger partial charge in [-0.05, 0) is 38.7 Å². The van der Waals surface area contributed by atoms with Gasteiger partial charge in [0.2, 0.25) is 17.6 Å². The molecule has 0 radical (unpaired) electrons. The van der Waals surface area contributed by atoms with Gasteiger partial charge in [0, 0.05) is 62.4 Å². The summed E-state index contributed by atoms with van der Waals surface area (Å²) < 4.78 is 12.1. The van der Waals surface area contributed by atoms with Crippen molar-refractivity contribution in [3.63, 3.8) is 0 Å². The molecular formula is C24H29N5O5. The van der Waals surface area contributed by atoms with Gasteiger partial charge in [-0.15, -0.1) is 0 Å². The van der Waals surface area contributed by atoms with Gasteiger partial charge in [0.1, 0.15) is 5.76 Å². The first-order chi connectivity index (χ1) is 16.5. The Morgan fingerprint density at radius 2 is 1.79 bits per heavy atom. The zero-order valence-electron chi connectivity index (χ0n) is 19.2. The Labute approximate surface area is 197 Å². The molecule has 0 atom stereocenters. The van der Waals surface area contributed by atoms with Gasteiger partial charge < -0.3 is 24.4 Å². The third-order valence-corrected chi connectivity index (χ3v) is 6.58. The maximum absolute atomic E-state index is 12.6. The van der Waals surface area contributed by atoms with Crippen LogP contribution in [0.25, 0.3) is 5.69 Å². The second-order valence-corrected chi connectivity index (χ2v) is 8.88. The van der Waals surface area contributed by atoms with Crippen molar-refractivity contribution in [3.8, 4) is 23.3 Å². The van der Waals surface area contributed by atoms with Gasteiger partial charge in [0.05, 0.1) is 17.6 Å². The summed E-state index contributed by atoms with van der Waals surface area (Å²) in [5.74, 6) is 1.15. The SMILES string of the molecule is Cc1cc(CCN2CCN(C(=O)Oc3ccc(-n4c(O)c5c(c4O)CCCC5)cn3)CC2)on1. The molecule has 1 aliphatic heterocycles. The largest absolute Gasteiger partial charge is 0.494 e. The number of aromatic nitrogens is 3. The highest BCUT2D eigenvalue weighted by atomic mass is 16.6. The van der Waals surface area contributed by atoms with Crippen molar-refractivity contribution in [1.82, 2.24) is 24.5 Å². The van der Waals surface area contributed by atoms with Crippen LogP contribution in [0.3, 0.4) is 0 Å². The predicted molar refractivity (Wildman–Crippen MR) is 123 cm³/mol. The maximum Gasteiger partial charge on any atom is 0.416 e. The fourth-order valence-corrected chi connectivity index (χ4v) is 4.69. The number of ether oxygens (including phenoxy) is 1. The number of amides is 1. The Kier molecular flexibility index (Phi) is 6.14. The molecule has 1 aliphatic carbocycles. The molecule has 1 fully saturated rings. The zero-order chi connectivity index (χ0) is 23.7. The van der Waals surface area contributed by atoms with Crippen LogP contribution in [0.1, 0.15) is 35.4 Å². The molecule has 10 nitrogen and oxygen atoms in total. The van der Waals surface area contributed by atoms with E-state index in [0.717, 1.165) is 74.3 Å². The topological polar surface area (TPSA) is 117 Å².